The zero-order valence-electron chi connectivity index (χ0n) is 18.7. The van der Waals surface area contributed by atoms with Crippen LogP contribution in [0.5, 0.6) is 0 Å². The molecule has 4 rings (SSSR count). The minimum absolute atomic E-state index is 0.0201. The molecule has 1 aromatic carbocycles. The van der Waals surface area contributed by atoms with Crippen LogP contribution < -0.4 is 10.2 Å². The molecule has 2 heterocycles. The maximum atomic E-state index is 12.7. The number of carbonyl (C=O) groups is 2. The summed E-state index contributed by atoms with van der Waals surface area (Å²) >= 11 is 1.73. The van der Waals surface area contributed by atoms with Gasteiger partial charge in [0, 0.05) is 49.4 Å². The van der Waals surface area contributed by atoms with Crippen molar-refractivity contribution in [3.63, 3.8) is 0 Å². The second kappa shape index (κ2) is 9.39. The van der Waals surface area contributed by atoms with Crippen molar-refractivity contribution in [1.82, 2.24) is 15.2 Å². The van der Waals surface area contributed by atoms with Crippen molar-refractivity contribution in [2.45, 2.75) is 46.6 Å². The van der Waals surface area contributed by atoms with Gasteiger partial charge in [-0.3, -0.25) is 9.59 Å². The van der Waals surface area contributed by atoms with Crippen LogP contribution in [0, 0.1) is 18.8 Å². The van der Waals surface area contributed by atoms with E-state index in [1.54, 1.807) is 11.3 Å². The Morgan fingerprint density at radius 1 is 1.16 bits per heavy atom. The Labute approximate surface area is 188 Å². The predicted octanol–water partition coefficient (Wildman–Crippen LogP) is 3.18. The van der Waals surface area contributed by atoms with Gasteiger partial charge >= 0.3 is 0 Å². The summed E-state index contributed by atoms with van der Waals surface area (Å²) in [6.07, 6.45) is 2.49. The quantitative estimate of drug-likeness (QED) is 0.776. The number of amides is 2. The highest BCUT2D eigenvalue weighted by Crippen LogP contribution is 2.34. The summed E-state index contributed by atoms with van der Waals surface area (Å²) in [4.78, 5) is 35.3. The van der Waals surface area contributed by atoms with Gasteiger partial charge in [-0.05, 0) is 31.7 Å². The molecule has 1 N–H and O–H groups in total. The Hall–Kier alpha value is -2.41. The lowest BCUT2D eigenvalue weighted by molar-refractivity contribution is -0.134. The van der Waals surface area contributed by atoms with Gasteiger partial charge in [-0.25, -0.2) is 4.98 Å². The fourth-order valence-corrected chi connectivity index (χ4v) is 5.48. The molecule has 31 heavy (non-hydrogen) atoms. The molecule has 1 saturated heterocycles. The number of aromatic nitrogens is 1. The molecular formula is C24H32N4O2S. The van der Waals surface area contributed by atoms with Crippen LogP contribution in [-0.2, 0) is 29.0 Å². The molecule has 1 aliphatic carbocycles. The van der Waals surface area contributed by atoms with Crippen molar-refractivity contribution in [2.75, 3.05) is 31.1 Å². The number of carbonyl (C=O) groups excluding carboxylic acids is 2. The number of nitrogens with one attached hydrogen (secondary N) is 1. The lowest BCUT2D eigenvalue weighted by Gasteiger charge is -2.35. The summed E-state index contributed by atoms with van der Waals surface area (Å²) in [6, 6.07) is 8.29. The number of anilines is 1. The molecule has 2 aliphatic rings. The lowest BCUT2D eigenvalue weighted by atomic mass is 9.90. The second-order valence-electron chi connectivity index (χ2n) is 8.98. The van der Waals surface area contributed by atoms with Crippen LogP contribution in [0.3, 0.4) is 0 Å². The number of hydrogen-bond acceptors (Lipinski definition) is 5. The molecule has 2 amide bonds. The van der Waals surface area contributed by atoms with Crippen LogP contribution in [0.25, 0.3) is 0 Å². The number of rotatable bonds is 5. The Morgan fingerprint density at radius 3 is 2.55 bits per heavy atom. The number of thiazole rings is 1. The number of hydrogen-bond donors (Lipinski definition) is 1. The van der Waals surface area contributed by atoms with Gasteiger partial charge in [0.25, 0.3) is 0 Å². The minimum atomic E-state index is 0.0201. The molecule has 0 spiro atoms. The second-order valence-corrected chi connectivity index (χ2v) is 10.0. The van der Waals surface area contributed by atoms with Crippen LogP contribution in [0.1, 0.15) is 42.0 Å². The van der Waals surface area contributed by atoms with E-state index in [1.165, 1.54) is 10.4 Å². The summed E-state index contributed by atoms with van der Waals surface area (Å²) in [6.45, 7) is 9.72. The van der Waals surface area contributed by atoms with Crippen molar-refractivity contribution in [3.8, 4) is 0 Å². The van der Waals surface area contributed by atoms with Crippen LogP contribution in [0.2, 0.25) is 0 Å². The molecular weight excluding hydrogens is 408 g/mol. The van der Waals surface area contributed by atoms with Gasteiger partial charge in [0.15, 0.2) is 5.13 Å². The van der Waals surface area contributed by atoms with Crippen LogP contribution in [0.4, 0.5) is 5.13 Å². The third-order valence-electron chi connectivity index (χ3n) is 6.24. The molecule has 0 saturated carbocycles. The van der Waals surface area contributed by atoms with E-state index >= 15 is 0 Å². The highest BCUT2D eigenvalue weighted by molar-refractivity contribution is 7.15. The molecule has 1 aromatic heterocycles. The standard InChI is InChI=1S/C24H32N4O2S/c1-16(2)23(30)27-10-12-28(13-11-27)24-26-20-9-8-19(14-21(20)31-24)22(29)25-15-18-6-4-17(3)5-7-18/h4-7,16,19H,8-15H2,1-3H3,(H,25,29)/t19-/m1/s1. The highest BCUT2D eigenvalue weighted by atomic mass is 32.1. The van der Waals surface area contributed by atoms with E-state index in [9.17, 15) is 9.59 Å². The lowest BCUT2D eigenvalue weighted by Crippen LogP contribution is -2.49. The maximum absolute atomic E-state index is 12.7. The van der Waals surface area contributed by atoms with Crippen LogP contribution in [0.15, 0.2) is 24.3 Å². The fourth-order valence-electron chi connectivity index (χ4n) is 4.24. The number of fused-ring (bicyclic) bond motifs is 1. The van der Waals surface area contributed by atoms with Gasteiger partial charge in [-0.15, -0.1) is 11.3 Å². The minimum Gasteiger partial charge on any atom is -0.352 e. The molecule has 1 atom stereocenters. The number of benzene rings is 1. The number of nitrogens with zero attached hydrogens (tertiary/aromatic N) is 3. The largest absolute Gasteiger partial charge is 0.352 e. The van der Waals surface area contributed by atoms with E-state index in [2.05, 4.69) is 41.4 Å². The summed E-state index contributed by atoms with van der Waals surface area (Å²) in [5.41, 5.74) is 3.51. The molecule has 0 bridgehead atoms. The van der Waals surface area contributed by atoms with E-state index < -0.39 is 0 Å². The molecule has 0 radical (unpaired) electrons. The molecule has 0 unspecified atom stereocenters. The molecule has 7 heteroatoms. The molecule has 166 valence electrons. The average Bonchev–Trinajstić information content (AvgIpc) is 3.21. The third kappa shape index (κ3) is 5.09. The molecule has 1 fully saturated rings. The maximum Gasteiger partial charge on any atom is 0.225 e. The first kappa shape index (κ1) is 21.8. The Kier molecular flexibility index (Phi) is 6.60. The molecule has 2 aromatic rings. The smallest absolute Gasteiger partial charge is 0.225 e. The summed E-state index contributed by atoms with van der Waals surface area (Å²) in [5.74, 6) is 0.444. The summed E-state index contributed by atoms with van der Waals surface area (Å²) in [7, 11) is 0. The first-order valence-corrected chi connectivity index (χ1v) is 12.1. The Balaban J connectivity index is 1.32. The van der Waals surface area contributed by atoms with E-state index in [0.29, 0.717) is 6.54 Å². The molecule has 1 aliphatic heterocycles. The zero-order chi connectivity index (χ0) is 22.0. The van der Waals surface area contributed by atoms with Gasteiger partial charge < -0.3 is 15.1 Å². The molecule has 6 nitrogen and oxygen atoms in total. The van der Waals surface area contributed by atoms with Gasteiger partial charge in [0.1, 0.15) is 0 Å². The third-order valence-corrected chi connectivity index (χ3v) is 7.42. The van der Waals surface area contributed by atoms with Gasteiger partial charge in [-0.1, -0.05) is 43.7 Å². The van der Waals surface area contributed by atoms with Crippen molar-refractivity contribution >= 4 is 28.3 Å². The Morgan fingerprint density at radius 2 is 1.87 bits per heavy atom. The topological polar surface area (TPSA) is 65.5 Å². The van der Waals surface area contributed by atoms with Crippen molar-refractivity contribution in [2.24, 2.45) is 11.8 Å². The van der Waals surface area contributed by atoms with E-state index in [0.717, 1.165) is 61.8 Å². The van der Waals surface area contributed by atoms with Gasteiger partial charge in [0.2, 0.25) is 11.8 Å². The van der Waals surface area contributed by atoms with Crippen molar-refractivity contribution < 1.29 is 9.59 Å². The van der Waals surface area contributed by atoms with Gasteiger partial charge in [-0.2, -0.15) is 0 Å². The van der Waals surface area contributed by atoms with E-state index in [4.69, 9.17) is 4.98 Å². The zero-order valence-corrected chi connectivity index (χ0v) is 19.5. The van der Waals surface area contributed by atoms with E-state index in [1.807, 2.05) is 18.7 Å². The monoisotopic (exact) mass is 440 g/mol. The summed E-state index contributed by atoms with van der Waals surface area (Å²) < 4.78 is 0. The van der Waals surface area contributed by atoms with Crippen LogP contribution in [-0.4, -0.2) is 47.9 Å². The summed E-state index contributed by atoms with van der Waals surface area (Å²) in [5, 5.41) is 4.15. The van der Waals surface area contributed by atoms with Crippen molar-refractivity contribution in [1.29, 1.82) is 0 Å². The normalized spacial score (nSPS) is 18.8. The Bertz CT molecular complexity index is 930. The highest BCUT2D eigenvalue weighted by Gasteiger charge is 2.30. The first-order valence-electron chi connectivity index (χ1n) is 11.3. The van der Waals surface area contributed by atoms with Crippen LogP contribution >= 0.6 is 11.3 Å². The number of aryl methyl sites for hydroxylation is 2. The first-order chi connectivity index (χ1) is 14.9. The average molecular weight is 441 g/mol. The SMILES string of the molecule is Cc1ccc(CNC(=O)[C@@H]2CCc3nc(N4CCN(C(=O)C(C)C)CC4)sc3C2)cc1. The number of piperazine rings is 1. The fraction of sp³-hybridized carbons (Fsp3) is 0.542. The van der Waals surface area contributed by atoms with E-state index in [-0.39, 0.29) is 23.7 Å². The van der Waals surface area contributed by atoms with Gasteiger partial charge in [0.05, 0.1) is 5.69 Å². The van der Waals surface area contributed by atoms with Crippen molar-refractivity contribution in [3.05, 3.63) is 46.0 Å². The predicted molar refractivity (Wildman–Crippen MR) is 124 cm³/mol.